The molecule has 0 saturated carbocycles. The first-order chi connectivity index (χ1) is 13.5. The smallest absolute Gasteiger partial charge is 0.281 e. The minimum atomic E-state index is -0.441. The van der Waals surface area contributed by atoms with Crippen LogP contribution in [0.3, 0.4) is 0 Å². The molecule has 7 nitrogen and oxygen atoms in total. The normalized spacial score (nSPS) is 15.1. The molecule has 1 aliphatic heterocycles. The molecule has 1 aliphatic rings. The van der Waals surface area contributed by atoms with Crippen LogP contribution in [0.1, 0.15) is 5.69 Å². The highest BCUT2D eigenvalue weighted by Crippen LogP contribution is 2.24. The second-order valence-corrected chi connectivity index (χ2v) is 6.43. The zero-order chi connectivity index (χ0) is 19.7. The number of nitrogens with zero attached hydrogens (tertiary/aromatic N) is 3. The highest BCUT2D eigenvalue weighted by atomic mass is 32.1. The van der Waals surface area contributed by atoms with Crippen molar-refractivity contribution in [3.05, 3.63) is 94.4 Å². The van der Waals surface area contributed by atoms with E-state index in [-0.39, 0.29) is 11.6 Å². The van der Waals surface area contributed by atoms with E-state index in [4.69, 9.17) is 12.2 Å². The second-order valence-electron chi connectivity index (χ2n) is 6.04. The van der Waals surface area contributed by atoms with Crippen molar-refractivity contribution in [2.45, 2.75) is 0 Å². The third-order valence-corrected chi connectivity index (χ3v) is 4.57. The van der Waals surface area contributed by atoms with Gasteiger partial charge in [0, 0.05) is 24.0 Å². The molecule has 1 saturated heterocycles. The van der Waals surface area contributed by atoms with Crippen LogP contribution in [-0.4, -0.2) is 20.5 Å². The molecule has 138 valence electrons. The lowest BCUT2D eigenvalue weighted by Crippen LogP contribution is -2.30. The number of para-hydroxylation sites is 1. The Kier molecular flexibility index (Phi) is 4.46. The van der Waals surface area contributed by atoms with Crippen LogP contribution in [0.2, 0.25) is 0 Å². The van der Waals surface area contributed by atoms with Gasteiger partial charge < -0.3 is 9.88 Å². The van der Waals surface area contributed by atoms with Crippen molar-refractivity contribution in [2.75, 3.05) is 4.90 Å². The van der Waals surface area contributed by atoms with E-state index in [1.165, 1.54) is 17.0 Å². The van der Waals surface area contributed by atoms with E-state index in [1.807, 2.05) is 24.3 Å². The number of rotatable bonds is 4. The first kappa shape index (κ1) is 17.6. The molecule has 0 bridgehead atoms. The van der Waals surface area contributed by atoms with Gasteiger partial charge in [-0.3, -0.25) is 19.8 Å². The van der Waals surface area contributed by atoms with Gasteiger partial charge in [0.05, 0.1) is 16.3 Å². The lowest BCUT2D eigenvalue weighted by Gasteiger charge is -2.13. The summed E-state index contributed by atoms with van der Waals surface area (Å²) in [7, 11) is 0. The second kappa shape index (κ2) is 7.09. The molecule has 0 spiro atoms. The zero-order valence-corrected chi connectivity index (χ0v) is 15.3. The molecule has 0 aliphatic carbocycles. The number of nitro groups is 1. The Labute approximate surface area is 165 Å². The molecule has 0 unspecified atom stereocenters. The number of nitrogens with one attached hydrogen (secondary N) is 1. The van der Waals surface area contributed by atoms with Crippen molar-refractivity contribution in [2.24, 2.45) is 0 Å². The first-order valence-electron chi connectivity index (χ1n) is 8.39. The summed E-state index contributed by atoms with van der Waals surface area (Å²) in [6, 6.07) is 19.1. The van der Waals surface area contributed by atoms with Crippen LogP contribution >= 0.6 is 12.2 Å². The number of non-ortho nitro benzene ring substituents is 1. The van der Waals surface area contributed by atoms with Crippen LogP contribution in [0.5, 0.6) is 0 Å². The fraction of sp³-hybridized carbons (Fsp3) is 0. The minimum Gasteiger partial charge on any atom is -0.327 e. The molecule has 4 rings (SSSR count). The first-order valence-corrected chi connectivity index (χ1v) is 8.80. The zero-order valence-electron chi connectivity index (χ0n) is 14.5. The van der Waals surface area contributed by atoms with Gasteiger partial charge in [0.1, 0.15) is 5.70 Å². The number of hydrogen-bond acceptors (Lipinski definition) is 4. The molecule has 1 amide bonds. The van der Waals surface area contributed by atoms with Crippen LogP contribution in [0.25, 0.3) is 11.8 Å². The van der Waals surface area contributed by atoms with Crippen molar-refractivity contribution in [1.82, 2.24) is 9.88 Å². The molecule has 2 aromatic carbocycles. The summed E-state index contributed by atoms with van der Waals surface area (Å²) in [5.41, 5.74) is 2.33. The highest BCUT2D eigenvalue weighted by molar-refractivity contribution is 7.80. The van der Waals surface area contributed by atoms with E-state index in [2.05, 4.69) is 5.32 Å². The molecule has 8 heteroatoms. The summed E-state index contributed by atoms with van der Waals surface area (Å²) in [6.07, 6.45) is 3.45. The number of carbonyl (C=O) groups excluding carboxylic acids is 1. The van der Waals surface area contributed by atoms with E-state index in [0.29, 0.717) is 27.9 Å². The van der Waals surface area contributed by atoms with Crippen molar-refractivity contribution >= 4 is 40.7 Å². The molecule has 2 heterocycles. The van der Waals surface area contributed by atoms with Crippen molar-refractivity contribution in [1.29, 1.82) is 0 Å². The molecule has 1 fully saturated rings. The third-order valence-electron chi connectivity index (χ3n) is 4.28. The number of nitro benzene ring substituents is 1. The molecule has 0 atom stereocenters. The monoisotopic (exact) mass is 390 g/mol. The standard InChI is InChI=1S/C20H14N4O3S/c25-19-18(21-20(28)23(19)14-6-2-1-3-7-14)13-16-10-5-11-22(16)15-8-4-9-17(12-15)24(26)27/h1-13H,(H,21,28)/b18-13+. The highest BCUT2D eigenvalue weighted by Gasteiger charge is 2.32. The lowest BCUT2D eigenvalue weighted by atomic mass is 10.2. The van der Waals surface area contributed by atoms with E-state index in [0.717, 1.165) is 0 Å². The summed E-state index contributed by atoms with van der Waals surface area (Å²) < 4.78 is 1.77. The van der Waals surface area contributed by atoms with Crippen molar-refractivity contribution < 1.29 is 9.72 Å². The maximum absolute atomic E-state index is 12.8. The summed E-state index contributed by atoms with van der Waals surface area (Å²) in [6.45, 7) is 0. The fourth-order valence-electron chi connectivity index (χ4n) is 3.00. The van der Waals surface area contributed by atoms with Gasteiger partial charge in [0.15, 0.2) is 5.11 Å². The molecule has 1 N–H and O–H groups in total. The van der Waals surface area contributed by atoms with Gasteiger partial charge in [-0.15, -0.1) is 0 Å². The van der Waals surface area contributed by atoms with E-state index in [1.54, 1.807) is 47.2 Å². The molecule has 1 aromatic heterocycles. The number of aromatic nitrogens is 1. The lowest BCUT2D eigenvalue weighted by molar-refractivity contribution is -0.384. The van der Waals surface area contributed by atoms with Crippen LogP contribution in [-0.2, 0) is 4.79 Å². The Morgan fingerprint density at radius 2 is 1.75 bits per heavy atom. The van der Waals surface area contributed by atoms with Gasteiger partial charge in [0.2, 0.25) is 0 Å². The summed E-state index contributed by atoms with van der Waals surface area (Å²) in [4.78, 5) is 24.9. The quantitative estimate of drug-likeness (QED) is 0.318. The fourth-order valence-corrected chi connectivity index (χ4v) is 3.30. The molecule has 28 heavy (non-hydrogen) atoms. The number of amides is 1. The number of hydrogen-bond donors (Lipinski definition) is 1. The van der Waals surface area contributed by atoms with Crippen LogP contribution < -0.4 is 10.2 Å². The van der Waals surface area contributed by atoms with Gasteiger partial charge in [-0.2, -0.15) is 0 Å². The predicted molar refractivity (Wildman–Crippen MR) is 110 cm³/mol. The largest absolute Gasteiger partial charge is 0.327 e. The Morgan fingerprint density at radius 1 is 1.00 bits per heavy atom. The molecule has 0 radical (unpaired) electrons. The SMILES string of the molecule is O=C1/C(=C\c2cccn2-c2cccc([N+](=O)[O-])c2)NC(=S)N1c1ccccc1. The molecular weight excluding hydrogens is 376 g/mol. The van der Waals surface area contributed by atoms with E-state index < -0.39 is 4.92 Å². The topological polar surface area (TPSA) is 80.4 Å². The van der Waals surface area contributed by atoms with Gasteiger partial charge in [-0.1, -0.05) is 24.3 Å². The summed E-state index contributed by atoms with van der Waals surface area (Å²) in [5, 5.41) is 14.3. The van der Waals surface area contributed by atoms with Gasteiger partial charge in [0.25, 0.3) is 11.6 Å². The number of benzene rings is 2. The number of anilines is 1. The Hall–Kier alpha value is -3.78. The third kappa shape index (κ3) is 3.17. The maximum atomic E-state index is 12.8. The molecule has 3 aromatic rings. The van der Waals surface area contributed by atoms with Crippen molar-refractivity contribution in [3.63, 3.8) is 0 Å². The van der Waals surface area contributed by atoms with Gasteiger partial charge >= 0.3 is 0 Å². The molecular formula is C20H14N4O3S. The Balaban J connectivity index is 1.69. The average Bonchev–Trinajstić information content (AvgIpc) is 3.27. The van der Waals surface area contributed by atoms with Gasteiger partial charge in [-0.05, 0) is 48.6 Å². The predicted octanol–water partition coefficient (Wildman–Crippen LogP) is 3.65. The maximum Gasteiger partial charge on any atom is 0.281 e. The summed E-state index contributed by atoms with van der Waals surface area (Å²) >= 11 is 5.32. The summed E-state index contributed by atoms with van der Waals surface area (Å²) in [5.74, 6) is -0.261. The van der Waals surface area contributed by atoms with Crippen LogP contribution in [0.4, 0.5) is 11.4 Å². The van der Waals surface area contributed by atoms with Crippen molar-refractivity contribution in [3.8, 4) is 5.69 Å². The van der Waals surface area contributed by atoms with Crippen LogP contribution in [0.15, 0.2) is 78.6 Å². The Bertz CT molecular complexity index is 1120. The average molecular weight is 390 g/mol. The van der Waals surface area contributed by atoms with Crippen LogP contribution in [0, 0.1) is 10.1 Å². The van der Waals surface area contributed by atoms with E-state index in [9.17, 15) is 14.9 Å². The number of thiocarbonyl (C=S) groups is 1. The Morgan fingerprint density at radius 3 is 2.50 bits per heavy atom. The number of carbonyl (C=O) groups is 1. The van der Waals surface area contributed by atoms with E-state index >= 15 is 0 Å². The van der Waals surface area contributed by atoms with Gasteiger partial charge in [-0.25, -0.2) is 0 Å². The minimum absolute atomic E-state index is 0.00342.